The zero-order valence-electron chi connectivity index (χ0n) is 10.1. The highest BCUT2D eigenvalue weighted by Gasteiger charge is 2.20. The molecule has 1 aliphatic rings. The van der Waals surface area contributed by atoms with Crippen LogP contribution in [0.3, 0.4) is 0 Å². The quantitative estimate of drug-likeness (QED) is 0.740. The highest BCUT2D eigenvalue weighted by Crippen LogP contribution is 2.34. The number of hydrogen-bond donors (Lipinski definition) is 2. The minimum absolute atomic E-state index is 0.161. The maximum Gasteiger partial charge on any atom is 0.119 e. The van der Waals surface area contributed by atoms with Crippen LogP contribution >= 0.6 is 0 Å². The summed E-state index contributed by atoms with van der Waals surface area (Å²) in [6.45, 7) is 0. The average Bonchev–Trinajstić information content (AvgIpc) is 2.61. The molecule has 1 aromatic heterocycles. The van der Waals surface area contributed by atoms with Gasteiger partial charge in [0.05, 0.1) is 7.11 Å². The standard InChI is InChI=1S/C14H18N2O/c1-17-9-6-7-12-10(8-9)14-11(15)4-2-3-5-13(14)16-12/h6-8,11,16H,2-5,15H2,1H3. The van der Waals surface area contributed by atoms with Gasteiger partial charge in [-0.2, -0.15) is 0 Å². The van der Waals surface area contributed by atoms with Crippen LogP contribution in [0.1, 0.15) is 36.6 Å². The van der Waals surface area contributed by atoms with Crippen molar-refractivity contribution >= 4 is 10.9 Å². The fourth-order valence-corrected chi connectivity index (χ4v) is 2.81. The van der Waals surface area contributed by atoms with E-state index in [2.05, 4.69) is 17.1 Å². The van der Waals surface area contributed by atoms with E-state index in [4.69, 9.17) is 10.5 Å². The Kier molecular flexibility index (Phi) is 2.56. The summed E-state index contributed by atoms with van der Waals surface area (Å²) in [6, 6.07) is 6.32. The molecule has 0 saturated heterocycles. The van der Waals surface area contributed by atoms with Crippen molar-refractivity contribution in [3.8, 4) is 5.75 Å². The lowest BCUT2D eigenvalue weighted by Crippen LogP contribution is -2.09. The number of hydrogen-bond acceptors (Lipinski definition) is 2. The van der Waals surface area contributed by atoms with Crippen molar-refractivity contribution in [1.82, 2.24) is 4.98 Å². The van der Waals surface area contributed by atoms with Crippen LogP contribution in [-0.4, -0.2) is 12.1 Å². The van der Waals surface area contributed by atoms with Gasteiger partial charge in [-0.15, -0.1) is 0 Å². The monoisotopic (exact) mass is 230 g/mol. The summed E-state index contributed by atoms with van der Waals surface area (Å²) >= 11 is 0. The van der Waals surface area contributed by atoms with Crippen molar-refractivity contribution in [1.29, 1.82) is 0 Å². The molecule has 2 aromatic rings. The fraction of sp³-hybridized carbons (Fsp3) is 0.429. The number of methoxy groups -OCH3 is 1. The molecule has 1 heterocycles. The van der Waals surface area contributed by atoms with Crippen molar-refractivity contribution in [2.45, 2.75) is 31.7 Å². The third-order valence-corrected chi connectivity index (χ3v) is 3.69. The van der Waals surface area contributed by atoms with Gasteiger partial charge in [0.25, 0.3) is 0 Å². The van der Waals surface area contributed by atoms with Crippen LogP contribution in [0.15, 0.2) is 18.2 Å². The third-order valence-electron chi connectivity index (χ3n) is 3.69. The molecule has 0 radical (unpaired) electrons. The minimum Gasteiger partial charge on any atom is -0.497 e. The van der Waals surface area contributed by atoms with E-state index in [0.717, 1.165) is 18.6 Å². The first-order valence-electron chi connectivity index (χ1n) is 6.23. The minimum atomic E-state index is 0.161. The average molecular weight is 230 g/mol. The third kappa shape index (κ3) is 1.71. The van der Waals surface area contributed by atoms with Gasteiger partial charge in [0.1, 0.15) is 5.75 Å². The van der Waals surface area contributed by atoms with E-state index in [1.165, 1.54) is 35.0 Å². The fourth-order valence-electron chi connectivity index (χ4n) is 2.81. The number of fused-ring (bicyclic) bond motifs is 3. The van der Waals surface area contributed by atoms with Crippen LogP contribution in [0, 0.1) is 0 Å². The Bertz CT molecular complexity index is 544. The molecule has 1 aliphatic carbocycles. The van der Waals surface area contributed by atoms with Crippen LogP contribution in [0.25, 0.3) is 10.9 Å². The molecule has 0 spiro atoms. The predicted molar refractivity (Wildman–Crippen MR) is 69.3 cm³/mol. The summed E-state index contributed by atoms with van der Waals surface area (Å²) in [5, 5.41) is 1.23. The van der Waals surface area contributed by atoms with Crippen molar-refractivity contribution in [2.24, 2.45) is 5.73 Å². The number of aromatic amines is 1. The molecule has 0 aliphatic heterocycles. The zero-order chi connectivity index (χ0) is 11.8. The van der Waals surface area contributed by atoms with Gasteiger partial charge in [0.15, 0.2) is 0 Å². The first-order valence-corrected chi connectivity index (χ1v) is 6.23. The van der Waals surface area contributed by atoms with Gasteiger partial charge < -0.3 is 15.5 Å². The first-order chi connectivity index (χ1) is 8.29. The Morgan fingerprint density at radius 3 is 3.06 bits per heavy atom. The number of nitrogens with one attached hydrogen (secondary N) is 1. The van der Waals surface area contributed by atoms with E-state index in [1.54, 1.807) is 7.11 Å². The highest BCUT2D eigenvalue weighted by molar-refractivity contribution is 5.86. The lowest BCUT2D eigenvalue weighted by Gasteiger charge is -2.09. The van der Waals surface area contributed by atoms with Gasteiger partial charge in [-0.25, -0.2) is 0 Å². The van der Waals surface area contributed by atoms with E-state index in [0.29, 0.717) is 0 Å². The summed E-state index contributed by atoms with van der Waals surface area (Å²) in [7, 11) is 1.70. The maximum absolute atomic E-state index is 6.29. The predicted octanol–water partition coefficient (Wildman–Crippen LogP) is 2.90. The van der Waals surface area contributed by atoms with E-state index >= 15 is 0 Å². The Labute approximate surface area is 101 Å². The summed E-state index contributed by atoms with van der Waals surface area (Å²) in [5.74, 6) is 0.899. The molecule has 3 rings (SSSR count). The van der Waals surface area contributed by atoms with Gasteiger partial charge in [-0.05, 0) is 43.0 Å². The molecule has 1 aromatic carbocycles. The number of H-pyrrole nitrogens is 1. The molecule has 0 amide bonds. The van der Waals surface area contributed by atoms with Crippen molar-refractivity contribution in [2.75, 3.05) is 7.11 Å². The Hall–Kier alpha value is -1.48. The number of ether oxygens (including phenoxy) is 1. The molecule has 0 saturated carbocycles. The van der Waals surface area contributed by atoms with E-state index < -0.39 is 0 Å². The van der Waals surface area contributed by atoms with Gasteiger partial charge in [-0.1, -0.05) is 6.42 Å². The highest BCUT2D eigenvalue weighted by atomic mass is 16.5. The summed E-state index contributed by atoms with van der Waals surface area (Å²) < 4.78 is 5.29. The second-order valence-electron chi connectivity index (χ2n) is 4.78. The van der Waals surface area contributed by atoms with Crippen molar-refractivity contribution in [3.63, 3.8) is 0 Å². The molecule has 3 nitrogen and oxygen atoms in total. The van der Waals surface area contributed by atoms with Crippen LogP contribution < -0.4 is 10.5 Å². The van der Waals surface area contributed by atoms with Gasteiger partial charge in [0.2, 0.25) is 0 Å². The summed E-state index contributed by atoms with van der Waals surface area (Å²) in [4.78, 5) is 3.50. The molecule has 1 atom stereocenters. The molecule has 0 bridgehead atoms. The second kappa shape index (κ2) is 4.08. The lowest BCUT2D eigenvalue weighted by molar-refractivity contribution is 0.415. The molecule has 0 fully saturated rings. The Morgan fingerprint density at radius 1 is 1.35 bits per heavy atom. The van der Waals surface area contributed by atoms with Crippen molar-refractivity contribution < 1.29 is 4.74 Å². The smallest absolute Gasteiger partial charge is 0.119 e. The Morgan fingerprint density at radius 2 is 2.24 bits per heavy atom. The van der Waals surface area contributed by atoms with Gasteiger partial charge in [-0.3, -0.25) is 0 Å². The van der Waals surface area contributed by atoms with Gasteiger partial charge in [0, 0.05) is 22.6 Å². The molecule has 90 valence electrons. The van der Waals surface area contributed by atoms with Crippen LogP contribution in [0.2, 0.25) is 0 Å². The second-order valence-corrected chi connectivity index (χ2v) is 4.78. The Balaban J connectivity index is 2.23. The molecule has 17 heavy (non-hydrogen) atoms. The van der Waals surface area contributed by atoms with Crippen molar-refractivity contribution in [3.05, 3.63) is 29.5 Å². The summed E-state index contributed by atoms with van der Waals surface area (Å²) in [5.41, 5.74) is 10.1. The van der Waals surface area contributed by atoms with E-state index in [-0.39, 0.29) is 6.04 Å². The molecular formula is C14H18N2O. The normalized spacial score (nSPS) is 20.0. The van der Waals surface area contributed by atoms with Crippen LogP contribution in [0.5, 0.6) is 5.75 Å². The molecule has 1 unspecified atom stereocenters. The SMILES string of the molecule is COc1ccc2[nH]c3c(c2c1)C(N)CCCC3. The zero-order valence-corrected chi connectivity index (χ0v) is 10.1. The molecular weight excluding hydrogens is 212 g/mol. The number of nitrogens with two attached hydrogens (primary N) is 1. The maximum atomic E-state index is 6.29. The molecule has 3 N–H and O–H groups in total. The number of rotatable bonds is 1. The van der Waals surface area contributed by atoms with Crippen LogP contribution in [-0.2, 0) is 6.42 Å². The number of aryl methyl sites for hydroxylation is 1. The summed E-state index contributed by atoms with van der Waals surface area (Å²) in [6.07, 6.45) is 4.64. The van der Waals surface area contributed by atoms with E-state index in [1.807, 2.05) is 6.07 Å². The van der Waals surface area contributed by atoms with Gasteiger partial charge >= 0.3 is 0 Å². The first kappa shape index (κ1) is 10.7. The number of benzene rings is 1. The van der Waals surface area contributed by atoms with E-state index in [9.17, 15) is 0 Å². The lowest BCUT2D eigenvalue weighted by atomic mass is 10.0. The largest absolute Gasteiger partial charge is 0.497 e. The molecule has 3 heteroatoms. The number of aromatic nitrogens is 1. The van der Waals surface area contributed by atoms with Crippen LogP contribution in [0.4, 0.5) is 0 Å². The topological polar surface area (TPSA) is 51.0 Å².